The number of ether oxygens (including phenoxy) is 10. The van der Waals surface area contributed by atoms with Gasteiger partial charge in [-0.1, -0.05) is 25.5 Å². The molecule has 0 spiro atoms. The van der Waals surface area contributed by atoms with Gasteiger partial charge in [-0.15, -0.1) is 0 Å². The van der Waals surface area contributed by atoms with Gasteiger partial charge in [0.2, 0.25) is 6.29 Å². The van der Waals surface area contributed by atoms with Crippen LogP contribution in [0.5, 0.6) is 0 Å². The smallest absolute Gasteiger partial charge is 0.314 e. The average Bonchev–Trinajstić information content (AvgIpc) is 3.48. The molecule has 3 saturated carbocycles. The molecule has 30 atom stereocenters. The Morgan fingerprint density at radius 2 is 1.07 bits per heavy atom. The lowest BCUT2D eigenvalue weighted by Crippen LogP contribution is -2.68. The van der Waals surface area contributed by atoms with Crippen LogP contribution in [-0.4, -0.2) is 274 Å². The first-order valence-corrected chi connectivity index (χ1v) is 26.2. The second-order valence-corrected chi connectivity index (χ2v) is 22.7. The van der Waals surface area contributed by atoms with Crippen LogP contribution < -0.4 is 0 Å². The van der Waals surface area contributed by atoms with Crippen LogP contribution in [0, 0.1) is 28.1 Å². The molecule has 15 unspecified atom stereocenters. The molecule has 0 aromatic carbocycles. The largest absolute Gasteiger partial charge is 0.432 e. The predicted octanol–water partition coefficient (Wildman–Crippen LogP) is -6.40. The third-order valence-electron chi connectivity index (χ3n) is 18.2. The van der Waals surface area contributed by atoms with Gasteiger partial charge in [0, 0.05) is 5.41 Å². The number of rotatable bonds is 15. The van der Waals surface area contributed by atoms with Crippen LogP contribution in [0.4, 0.5) is 0 Å². The lowest BCUT2D eigenvalue weighted by molar-refractivity contribution is -0.398. The summed E-state index contributed by atoms with van der Waals surface area (Å²) in [5, 5.41) is 170. The molecule has 5 saturated heterocycles. The van der Waals surface area contributed by atoms with E-state index in [0.29, 0.717) is 51.4 Å². The monoisotopic (exact) mass is 1100 g/mol. The van der Waals surface area contributed by atoms with Gasteiger partial charge in [0.15, 0.2) is 31.3 Å². The average molecular weight is 1100 g/mol. The number of carbonyl (C=O) groups excluding carboxylic acids is 1. The molecule has 27 nitrogen and oxygen atoms in total. The van der Waals surface area contributed by atoms with Crippen molar-refractivity contribution in [3.05, 3.63) is 12.2 Å². The molecule has 27 heteroatoms. The molecule has 0 bridgehead atoms. The van der Waals surface area contributed by atoms with E-state index in [1.807, 2.05) is 0 Å². The highest BCUT2D eigenvalue weighted by molar-refractivity contribution is 5.77. The van der Waals surface area contributed by atoms with Crippen molar-refractivity contribution in [1.29, 1.82) is 0 Å². The first-order chi connectivity index (χ1) is 35.9. The Bertz CT molecular complexity index is 1950. The first kappa shape index (κ1) is 60.3. The van der Waals surface area contributed by atoms with Crippen LogP contribution in [0.2, 0.25) is 0 Å². The summed E-state index contributed by atoms with van der Waals surface area (Å²) in [6.45, 7) is 6.26. The standard InChI is InChI=1S/C49H80O27/c1-18-6-7-26-47(3)9-5-10-48(4,46(66)76-44-39(34(62)30(58)23(15-52)71-44)74-41-35(63)27(55)20(54)17-67-41)25(47)8-11-49(26,12-18)19(2)68-45-40(75-43-37(65)33(61)29(57)22(14-51)70-43)38(31(59)24(16-53)72-45)73-42-36(64)32(60)28(56)21(13-50)69-42/h19-45,50-65H,1,5-17H2,2-4H3/t19-,20-,21?,22?,23?,24?,25?,26+,27?,28-,29-,30-,31-,32?,33?,34?,35?,36?,37?,38?,39?,40?,41+,42+,43+,44+,45-,47-,48-,49-/m1/s1. The number of esters is 1. The quantitative estimate of drug-likeness (QED) is 0.0536. The van der Waals surface area contributed by atoms with Gasteiger partial charge in [-0.3, -0.25) is 4.79 Å². The lowest BCUT2D eigenvalue weighted by atomic mass is 9.39. The molecular weight excluding hydrogens is 1020 g/mol. The van der Waals surface area contributed by atoms with Crippen molar-refractivity contribution in [2.24, 2.45) is 28.1 Å². The van der Waals surface area contributed by atoms with Crippen LogP contribution in [-0.2, 0) is 52.2 Å². The van der Waals surface area contributed by atoms with Crippen LogP contribution in [0.3, 0.4) is 0 Å². The molecule has 438 valence electrons. The van der Waals surface area contributed by atoms with Gasteiger partial charge < -0.3 is 129 Å². The Balaban J connectivity index is 1.08. The fourth-order valence-corrected chi connectivity index (χ4v) is 13.9. The molecule has 16 N–H and O–H groups in total. The van der Waals surface area contributed by atoms with Gasteiger partial charge in [-0.2, -0.15) is 0 Å². The Hall–Kier alpha value is -1.79. The second-order valence-electron chi connectivity index (χ2n) is 22.7. The SMILES string of the molecule is C=C1CC[C@@H]2[C@]([C@@H](C)O[C@@H]3OC(CO)[C@@H](O)C(O[C@@H]4OC(CO)[C@@H](O)C(O)C4O)C3O[C@@H]3OC(CO)[C@@H](O)C(O)C3O)(CCC3[C@](C)(C(=O)O[C@@H]4OC(CO)[C@@H](O)C(O)C4O[C@@H]4OC[C@@H](O)C(O)C4O)CCC[C@]32C)C1. The van der Waals surface area contributed by atoms with E-state index in [0.717, 1.165) is 5.57 Å². The molecule has 0 aromatic rings. The highest BCUT2D eigenvalue weighted by Gasteiger charge is 2.66. The zero-order valence-corrected chi connectivity index (χ0v) is 42.6. The number of carbonyl (C=O) groups is 1. The fourth-order valence-electron chi connectivity index (χ4n) is 13.9. The zero-order chi connectivity index (χ0) is 55.5. The van der Waals surface area contributed by atoms with Crippen molar-refractivity contribution in [2.75, 3.05) is 33.0 Å². The minimum atomic E-state index is -2.00. The fraction of sp³-hybridized carbons (Fsp3) is 0.939. The summed E-state index contributed by atoms with van der Waals surface area (Å²) in [6, 6.07) is 0. The van der Waals surface area contributed by atoms with E-state index in [2.05, 4.69) is 13.5 Å². The number of aliphatic hydroxyl groups is 16. The number of fused-ring (bicyclic) bond motifs is 3. The van der Waals surface area contributed by atoms with E-state index in [1.54, 1.807) is 13.8 Å². The Kier molecular flexibility index (Phi) is 19.0. The molecule has 76 heavy (non-hydrogen) atoms. The third kappa shape index (κ3) is 10.9. The van der Waals surface area contributed by atoms with Gasteiger partial charge in [-0.25, -0.2) is 0 Å². The van der Waals surface area contributed by atoms with E-state index in [-0.39, 0.29) is 11.8 Å². The summed E-state index contributed by atoms with van der Waals surface area (Å²) in [5.74, 6) is -1.36. The molecule has 8 rings (SSSR count). The van der Waals surface area contributed by atoms with Crippen LogP contribution in [0.25, 0.3) is 0 Å². The van der Waals surface area contributed by atoms with E-state index in [4.69, 9.17) is 47.4 Å². The van der Waals surface area contributed by atoms with Crippen LogP contribution in [0.1, 0.15) is 72.1 Å². The molecular formula is C49H80O27. The van der Waals surface area contributed by atoms with Gasteiger partial charge >= 0.3 is 5.97 Å². The molecule has 0 amide bonds. The van der Waals surface area contributed by atoms with Crippen molar-refractivity contribution in [1.82, 2.24) is 0 Å². The molecule has 0 radical (unpaired) electrons. The zero-order valence-electron chi connectivity index (χ0n) is 42.6. The summed E-state index contributed by atoms with van der Waals surface area (Å²) in [7, 11) is 0. The number of hydrogen-bond acceptors (Lipinski definition) is 27. The minimum absolute atomic E-state index is 0.232. The summed E-state index contributed by atoms with van der Waals surface area (Å²) in [4.78, 5) is 14.9. The molecule has 8 fully saturated rings. The van der Waals surface area contributed by atoms with E-state index in [9.17, 15) is 86.5 Å². The Labute approximate surface area is 438 Å². The first-order valence-electron chi connectivity index (χ1n) is 26.2. The van der Waals surface area contributed by atoms with Crippen molar-refractivity contribution in [3.8, 4) is 0 Å². The molecule has 3 aliphatic carbocycles. The van der Waals surface area contributed by atoms with Crippen molar-refractivity contribution in [3.63, 3.8) is 0 Å². The molecule has 0 aromatic heterocycles. The maximum Gasteiger partial charge on any atom is 0.314 e. The van der Waals surface area contributed by atoms with E-state index < -0.39 is 209 Å². The molecule has 8 aliphatic rings. The van der Waals surface area contributed by atoms with Gasteiger partial charge in [-0.05, 0) is 76.0 Å². The van der Waals surface area contributed by atoms with Gasteiger partial charge in [0.25, 0.3) is 0 Å². The van der Waals surface area contributed by atoms with E-state index >= 15 is 0 Å². The lowest BCUT2D eigenvalue weighted by Gasteiger charge is -2.66. The topological polar surface area (TPSA) is 433 Å². The Morgan fingerprint density at radius 1 is 0.566 bits per heavy atom. The summed E-state index contributed by atoms with van der Waals surface area (Å²) >= 11 is 0. The van der Waals surface area contributed by atoms with Crippen LogP contribution in [0.15, 0.2) is 12.2 Å². The second kappa shape index (κ2) is 24.0. The highest BCUT2D eigenvalue weighted by atomic mass is 16.8. The highest BCUT2D eigenvalue weighted by Crippen LogP contribution is 2.69. The Morgan fingerprint density at radius 3 is 1.64 bits per heavy atom. The summed E-state index contributed by atoms with van der Waals surface area (Å²) < 4.78 is 60.1. The normalized spacial score (nSPS) is 52.5. The maximum atomic E-state index is 14.9. The maximum absolute atomic E-state index is 14.9. The number of hydrogen-bond donors (Lipinski definition) is 16. The van der Waals surface area contributed by atoms with Crippen LogP contribution >= 0.6 is 0 Å². The third-order valence-corrected chi connectivity index (χ3v) is 18.2. The van der Waals surface area contributed by atoms with E-state index in [1.165, 1.54) is 0 Å². The van der Waals surface area contributed by atoms with Crippen molar-refractivity contribution < 1.29 is 134 Å². The number of aliphatic hydroxyl groups excluding tert-OH is 16. The van der Waals surface area contributed by atoms with Crippen molar-refractivity contribution >= 4 is 5.97 Å². The summed E-state index contributed by atoms with van der Waals surface area (Å²) in [5.41, 5.74) is -1.79. The summed E-state index contributed by atoms with van der Waals surface area (Å²) in [6.07, 6.45) is -38.9. The van der Waals surface area contributed by atoms with Gasteiger partial charge in [0.05, 0.1) is 44.6 Å². The molecule has 5 aliphatic heterocycles. The minimum Gasteiger partial charge on any atom is -0.432 e. The molecule has 5 heterocycles. The number of allylic oxidation sites excluding steroid dienone is 1. The van der Waals surface area contributed by atoms with Crippen molar-refractivity contribution in [2.45, 2.75) is 226 Å². The predicted molar refractivity (Wildman–Crippen MR) is 248 cm³/mol. The van der Waals surface area contributed by atoms with Gasteiger partial charge in [0.1, 0.15) is 110 Å².